The lowest BCUT2D eigenvalue weighted by atomic mass is 10.1. The summed E-state index contributed by atoms with van der Waals surface area (Å²) >= 11 is 3.39. The van der Waals surface area contributed by atoms with Crippen molar-refractivity contribution in [3.8, 4) is 0 Å². The van der Waals surface area contributed by atoms with Crippen molar-refractivity contribution in [2.75, 3.05) is 0 Å². The fourth-order valence-electron chi connectivity index (χ4n) is 2.27. The number of fused-ring (bicyclic) bond motifs is 1. The molecule has 3 aromatic rings. The summed E-state index contributed by atoms with van der Waals surface area (Å²) in [5.41, 5.74) is 5.84. The molecule has 6 nitrogen and oxygen atoms in total. The molecule has 1 atom stereocenters. The molecular formula is C17H16BrN5O. The maximum absolute atomic E-state index is 12.4. The van der Waals surface area contributed by atoms with E-state index in [0.29, 0.717) is 0 Å². The van der Waals surface area contributed by atoms with Gasteiger partial charge in [-0.1, -0.05) is 45.4 Å². The van der Waals surface area contributed by atoms with Gasteiger partial charge in [-0.15, -0.1) is 5.10 Å². The Labute approximate surface area is 147 Å². The molecule has 0 radical (unpaired) electrons. The molecule has 0 aliphatic rings. The first-order valence-corrected chi connectivity index (χ1v) is 8.25. The van der Waals surface area contributed by atoms with Gasteiger partial charge < -0.3 is 0 Å². The van der Waals surface area contributed by atoms with Crippen LogP contribution >= 0.6 is 15.9 Å². The molecule has 1 unspecified atom stereocenters. The van der Waals surface area contributed by atoms with Crippen molar-refractivity contribution < 1.29 is 4.79 Å². The molecule has 1 heterocycles. The number of hydrogen-bond donors (Lipinski definition) is 1. The third kappa shape index (κ3) is 3.35. The van der Waals surface area contributed by atoms with Crippen molar-refractivity contribution >= 4 is 38.6 Å². The molecule has 3 rings (SSSR count). The van der Waals surface area contributed by atoms with Crippen LogP contribution in [0.5, 0.6) is 0 Å². The van der Waals surface area contributed by atoms with Crippen molar-refractivity contribution in [2.45, 2.75) is 19.9 Å². The van der Waals surface area contributed by atoms with Crippen LogP contribution in [-0.4, -0.2) is 26.6 Å². The fourth-order valence-corrected chi connectivity index (χ4v) is 2.54. The predicted molar refractivity (Wildman–Crippen MR) is 96.7 cm³/mol. The molecule has 0 fully saturated rings. The molecule has 0 spiro atoms. The van der Waals surface area contributed by atoms with E-state index in [1.165, 1.54) is 0 Å². The first-order chi connectivity index (χ1) is 11.6. The van der Waals surface area contributed by atoms with Crippen LogP contribution in [0.1, 0.15) is 25.5 Å². The highest BCUT2D eigenvalue weighted by molar-refractivity contribution is 9.10. The molecule has 24 heavy (non-hydrogen) atoms. The minimum Gasteiger partial charge on any atom is -0.271 e. The Morgan fingerprint density at radius 2 is 1.92 bits per heavy atom. The number of benzene rings is 2. The van der Waals surface area contributed by atoms with E-state index in [-0.39, 0.29) is 5.91 Å². The van der Waals surface area contributed by atoms with Gasteiger partial charge in [0, 0.05) is 4.47 Å². The van der Waals surface area contributed by atoms with Crippen LogP contribution in [0.2, 0.25) is 0 Å². The van der Waals surface area contributed by atoms with Crippen LogP contribution in [-0.2, 0) is 4.79 Å². The summed E-state index contributed by atoms with van der Waals surface area (Å²) in [5, 5.41) is 12.3. The second-order valence-corrected chi connectivity index (χ2v) is 6.29. The minimum absolute atomic E-state index is 0.248. The maximum atomic E-state index is 12.4. The molecule has 122 valence electrons. The zero-order chi connectivity index (χ0) is 17.1. The lowest BCUT2D eigenvalue weighted by Gasteiger charge is -2.11. The maximum Gasteiger partial charge on any atom is 0.264 e. The number of hydrazone groups is 1. The SMILES string of the molecule is C/C(=N\NC(=O)C(C)n1nnc2ccccc21)c1ccc(Br)cc1. The first-order valence-electron chi connectivity index (χ1n) is 7.46. The van der Waals surface area contributed by atoms with E-state index in [2.05, 4.69) is 36.8 Å². The zero-order valence-corrected chi connectivity index (χ0v) is 14.9. The lowest BCUT2D eigenvalue weighted by molar-refractivity contribution is -0.124. The molecule has 0 saturated carbocycles. The Kier molecular flexibility index (Phi) is 4.71. The Morgan fingerprint density at radius 1 is 1.21 bits per heavy atom. The van der Waals surface area contributed by atoms with Crippen LogP contribution < -0.4 is 5.43 Å². The van der Waals surface area contributed by atoms with Crippen molar-refractivity contribution in [3.63, 3.8) is 0 Å². The minimum atomic E-state index is -0.515. The van der Waals surface area contributed by atoms with Gasteiger partial charge in [0.1, 0.15) is 11.6 Å². The van der Waals surface area contributed by atoms with Gasteiger partial charge in [-0.3, -0.25) is 4.79 Å². The van der Waals surface area contributed by atoms with Gasteiger partial charge in [-0.05, 0) is 43.7 Å². The lowest BCUT2D eigenvalue weighted by Crippen LogP contribution is -2.28. The second kappa shape index (κ2) is 6.92. The number of hydrogen-bond acceptors (Lipinski definition) is 4. The largest absolute Gasteiger partial charge is 0.271 e. The molecule has 0 bridgehead atoms. The number of nitrogens with zero attached hydrogens (tertiary/aromatic N) is 4. The number of carbonyl (C=O) groups excluding carboxylic acids is 1. The highest BCUT2D eigenvalue weighted by Gasteiger charge is 2.18. The molecule has 0 aliphatic heterocycles. The standard InChI is InChI=1S/C17H16BrN5O/c1-11(13-7-9-14(18)10-8-13)19-21-17(24)12(2)23-16-6-4-3-5-15(16)20-22-23/h3-10,12H,1-2H3,(H,21,24)/b19-11+. The van der Waals surface area contributed by atoms with Crippen molar-refractivity contribution in [1.82, 2.24) is 20.4 Å². The number of aromatic nitrogens is 3. The summed E-state index contributed by atoms with van der Waals surface area (Å²) < 4.78 is 2.59. The molecule has 1 N–H and O–H groups in total. The van der Waals surface area contributed by atoms with E-state index in [9.17, 15) is 4.79 Å². The summed E-state index contributed by atoms with van der Waals surface area (Å²) in [5.74, 6) is -0.248. The van der Waals surface area contributed by atoms with E-state index >= 15 is 0 Å². The van der Waals surface area contributed by atoms with Crippen LogP contribution in [0.3, 0.4) is 0 Å². The van der Waals surface area contributed by atoms with Gasteiger partial charge >= 0.3 is 0 Å². The highest BCUT2D eigenvalue weighted by atomic mass is 79.9. The monoisotopic (exact) mass is 385 g/mol. The van der Waals surface area contributed by atoms with Gasteiger partial charge in [0.25, 0.3) is 5.91 Å². The number of nitrogens with one attached hydrogen (secondary N) is 1. The van der Waals surface area contributed by atoms with Crippen LogP contribution in [0.4, 0.5) is 0 Å². The third-order valence-electron chi connectivity index (χ3n) is 3.72. The molecule has 2 aromatic carbocycles. The van der Waals surface area contributed by atoms with Crippen LogP contribution in [0, 0.1) is 0 Å². The van der Waals surface area contributed by atoms with Crippen LogP contribution in [0.15, 0.2) is 58.1 Å². The van der Waals surface area contributed by atoms with Crippen molar-refractivity contribution in [1.29, 1.82) is 0 Å². The Hall–Kier alpha value is -2.54. The van der Waals surface area contributed by atoms with Gasteiger partial charge in [-0.25, -0.2) is 10.1 Å². The van der Waals surface area contributed by atoms with Gasteiger partial charge in [0.15, 0.2) is 0 Å². The Bertz CT molecular complexity index is 901. The number of halogens is 1. The quantitative estimate of drug-likeness (QED) is 0.553. The normalized spacial score (nSPS) is 13.0. The smallest absolute Gasteiger partial charge is 0.264 e. The molecular weight excluding hydrogens is 370 g/mol. The molecule has 7 heteroatoms. The summed E-state index contributed by atoms with van der Waals surface area (Å²) in [7, 11) is 0. The fraction of sp³-hybridized carbons (Fsp3) is 0.176. The molecule has 1 amide bonds. The molecule has 1 aromatic heterocycles. The van der Waals surface area contributed by atoms with Gasteiger partial charge in [0.05, 0.1) is 11.2 Å². The highest BCUT2D eigenvalue weighted by Crippen LogP contribution is 2.15. The summed E-state index contributed by atoms with van der Waals surface area (Å²) in [6, 6.07) is 14.7. The van der Waals surface area contributed by atoms with E-state index in [1.807, 2.05) is 55.5 Å². The van der Waals surface area contributed by atoms with Crippen molar-refractivity contribution in [2.24, 2.45) is 5.10 Å². The predicted octanol–water partition coefficient (Wildman–Crippen LogP) is 3.30. The Balaban J connectivity index is 1.74. The second-order valence-electron chi connectivity index (χ2n) is 5.38. The topological polar surface area (TPSA) is 72.2 Å². The molecule has 0 saturated heterocycles. The summed E-state index contributed by atoms with van der Waals surface area (Å²) in [6.07, 6.45) is 0. The van der Waals surface area contributed by atoms with E-state index < -0.39 is 6.04 Å². The summed E-state index contributed by atoms with van der Waals surface area (Å²) in [4.78, 5) is 12.4. The first kappa shape index (κ1) is 16.3. The average molecular weight is 386 g/mol. The number of carbonyl (C=O) groups is 1. The van der Waals surface area contributed by atoms with Crippen molar-refractivity contribution in [3.05, 3.63) is 58.6 Å². The van der Waals surface area contributed by atoms with Gasteiger partial charge in [0.2, 0.25) is 0 Å². The van der Waals surface area contributed by atoms with E-state index in [0.717, 1.165) is 26.8 Å². The Morgan fingerprint density at radius 3 is 2.67 bits per heavy atom. The van der Waals surface area contributed by atoms with Gasteiger partial charge in [-0.2, -0.15) is 5.10 Å². The summed E-state index contributed by atoms with van der Waals surface area (Å²) in [6.45, 7) is 3.61. The van der Waals surface area contributed by atoms with E-state index in [4.69, 9.17) is 0 Å². The number of amides is 1. The van der Waals surface area contributed by atoms with Crippen LogP contribution in [0.25, 0.3) is 11.0 Å². The number of rotatable bonds is 4. The number of para-hydroxylation sites is 1. The van der Waals surface area contributed by atoms with E-state index in [1.54, 1.807) is 11.6 Å². The third-order valence-corrected chi connectivity index (χ3v) is 4.25. The average Bonchev–Trinajstić information content (AvgIpc) is 3.03. The molecule has 0 aliphatic carbocycles. The zero-order valence-electron chi connectivity index (χ0n) is 13.3.